The van der Waals surface area contributed by atoms with Crippen LogP contribution in [0.15, 0.2) is 42.5 Å². The van der Waals surface area contributed by atoms with E-state index in [1.165, 1.54) is 4.90 Å². The van der Waals surface area contributed by atoms with Crippen LogP contribution in [0, 0.1) is 32.1 Å². The van der Waals surface area contributed by atoms with E-state index in [2.05, 4.69) is 0 Å². The van der Waals surface area contributed by atoms with Gasteiger partial charge in [-0.25, -0.2) is 4.79 Å². The fraction of sp³-hybridized carbons (Fsp3) is 0.286. The van der Waals surface area contributed by atoms with Crippen molar-refractivity contribution in [2.45, 2.75) is 27.2 Å². The highest BCUT2D eigenvalue weighted by Crippen LogP contribution is 2.17. The molecule has 0 unspecified atom stereocenters. The number of anilines is 1. The molecule has 0 heterocycles. The molecule has 2 aromatic carbocycles. The van der Waals surface area contributed by atoms with Crippen LogP contribution in [0.25, 0.3) is 0 Å². The first kappa shape index (κ1) is 19.2. The van der Waals surface area contributed by atoms with Gasteiger partial charge >= 0.3 is 5.97 Å². The molecule has 0 radical (unpaired) electrons. The Morgan fingerprint density at radius 2 is 1.69 bits per heavy atom. The topological polar surface area (TPSA) is 70.4 Å². The quantitative estimate of drug-likeness (QED) is 0.745. The summed E-state index contributed by atoms with van der Waals surface area (Å²) in [5.41, 5.74) is 4.06. The van der Waals surface area contributed by atoms with E-state index in [1.54, 1.807) is 6.07 Å². The SMILES string of the molecule is Cc1ccc(N(CCC#N)C(=O)COC(=O)c2ccc(C)cc2C)cc1. The van der Waals surface area contributed by atoms with Crippen molar-refractivity contribution in [1.29, 1.82) is 5.26 Å². The summed E-state index contributed by atoms with van der Waals surface area (Å²) in [4.78, 5) is 26.3. The first-order chi connectivity index (χ1) is 12.4. The summed E-state index contributed by atoms with van der Waals surface area (Å²) in [5, 5.41) is 8.83. The molecule has 0 fully saturated rings. The third-order valence-corrected chi connectivity index (χ3v) is 4.02. The van der Waals surface area contributed by atoms with Crippen LogP contribution in [-0.4, -0.2) is 25.0 Å². The molecule has 0 bridgehead atoms. The molecule has 2 aromatic rings. The van der Waals surface area contributed by atoms with Gasteiger partial charge in [0.15, 0.2) is 6.61 Å². The Hall–Kier alpha value is -3.13. The maximum absolute atomic E-state index is 12.5. The average molecular weight is 350 g/mol. The Bertz CT molecular complexity index is 835. The van der Waals surface area contributed by atoms with Crippen LogP contribution >= 0.6 is 0 Å². The summed E-state index contributed by atoms with van der Waals surface area (Å²) in [5.74, 6) is -0.887. The zero-order valence-electron chi connectivity index (χ0n) is 15.3. The van der Waals surface area contributed by atoms with E-state index in [0.29, 0.717) is 11.3 Å². The third kappa shape index (κ3) is 4.93. The van der Waals surface area contributed by atoms with Crippen LogP contribution in [0.1, 0.15) is 33.5 Å². The zero-order chi connectivity index (χ0) is 19.1. The summed E-state index contributed by atoms with van der Waals surface area (Å²) < 4.78 is 5.20. The minimum absolute atomic E-state index is 0.199. The van der Waals surface area contributed by atoms with E-state index in [-0.39, 0.29) is 25.5 Å². The fourth-order valence-electron chi connectivity index (χ4n) is 2.61. The molecule has 0 N–H and O–H groups in total. The Labute approximate surface area is 153 Å². The van der Waals surface area contributed by atoms with Gasteiger partial charge in [0.05, 0.1) is 18.1 Å². The Morgan fingerprint density at radius 3 is 2.31 bits per heavy atom. The van der Waals surface area contributed by atoms with Crippen molar-refractivity contribution >= 4 is 17.6 Å². The average Bonchev–Trinajstić information content (AvgIpc) is 2.61. The molecule has 26 heavy (non-hydrogen) atoms. The number of nitriles is 1. The highest BCUT2D eigenvalue weighted by molar-refractivity contribution is 5.97. The fourth-order valence-corrected chi connectivity index (χ4v) is 2.61. The molecule has 134 valence electrons. The maximum atomic E-state index is 12.5. The number of amides is 1. The lowest BCUT2D eigenvalue weighted by molar-refractivity contribution is -0.121. The van der Waals surface area contributed by atoms with Gasteiger partial charge in [0.25, 0.3) is 5.91 Å². The lowest BCUT2D eigenvalue weighted by Gasteiger charge is -2.22. The Balaban J connectivity index is 2.07. The van der Waals surface area contributed by atoms with E-state index < -0.39 is 5.97 Å². The molecule has 2 rings (SSSR count). The summed E-state index contributed by atoms with van der Waals surface area (Å²) in [7, 11) is 0. The maximum Gasteiger partial charge on any atom is 0.338 e. The lowest BCUT2D eigenvalue weighted by Crippen LogP contribution is -2.35. The van der Waals surface area contributed by atoms with Gasteiger partial charge in [-0.2, -0.15) is 5.26 Å². The number of carbonyl (C=O) groups excluding carboxylic acids is 2. The largest absolute Gasteiger partial charge is 0.452 e. The van der Waals surface area contributed by atoms with Crippen LogP contribution in [-0.2, 0) is 9.53 Å². The van der Waals surface area contributed by atoms with Gasteiger partial charge < -0.3 is 9.64 Å². The van der Waals surface area contributed by atoms with Crippen molar-refractivity contribution in [3.05, 3.63) is 64.7 Å². The highest BCUT2D eigenvalue weighted by atomic mass is 16.5. The van der Waals surface area contributed by atoms with Crippen LogP contribution in [0.3, 0.4) is 0 Å². The summed E-state index contributed by atoms with van der Waals surface area (Å²) >= 11 is 0. The zero-order valence-corrected chi connectivity index (χ0v) is 15.3. The van der Waals surface area contributed by atoms with Gasteiger partial charge in [0.2, 0.25) is 0 Å². The number of carbonyl (C=O) groups is 2. The van der Waals surface area contributed by atoms with E-state index in [9.17, 15) is 9.59 Å². The standard InChI is InChI=1S/C21H22N2O3/c1-15-5-8-18(9-6-15)23(12-4-11-22)20(24)14-26-21(25)19-10-7-16(2)13-17(19)3/h5-10,13H,4,12,14H2,1-3H3. The van der Waals surface area contributed by atoms with Gasteiger partial charge in [-0.15, -0.1) is 0 Å². The highest BCUT2D eigenvalue weighted by Gasteiger charge is 2.19. The van der Waals surface area contributed by atoms with Crippen molar-refractivity contribution in [3.63, 3.8) is 0 Å². The molecule has 0 aliphatic rings. The van der Waals surface area contributed by atoms with E-state index >= 15 is 0 Å². The summed E-state index contributed by atoms with van der Waals surface area (Å²) in [6.45, 7) is 5.61. The molecule has 0 aromatic heterocycles. The molecular formula is C21H22N2O3. The smallest absolute Gasteiger partial charge is 0.338 e. The van der Waals surface area contributed by atoms with Crippen molar-refractivity contribution in [3.8, 4) is 6.07 Å². The molecule has 0 saturated heterocycles. The molecule has 1 amide bonds. The van der Waals surface area contributed by atoms with Gasteiger partial charge in [-0.3, -0.25) is 4.79 Å². The first-order valence-electron chi connectivity index (χ1n) is 8.40. The number of hydrogen-bond donors (Lipinski definition) is 0. The number of ether oxygens (including phenoxy) is 1. The van der Waals surface area contributed by atoms with E-state index in [0.717, 1.165) is 16.7 Å². The van der Waals surface area contributed by atoms with Gasteiger partial charge in [-0.1, -0.05) is 35.4 Å². The molecule has 0 atom stereocenters. The van der Waals surface area contributed by atoms with E-state index in [1.807, 2.05) is 63.2 Å². The van der Waals surface area contributed by atoms with E-state index in [4.69, 9.17) is 10.00 Å². The molecule has 0 spiro atoms. The van der Waals surface area contributed by atoms with Crippen molar-refractivity contribution < 1.29 is 14.3 Å². The number of benzene rings is 2. The second-order valence-corrected chi connectivity index (χ2v) is 6.18. The molecule has 0 aliphatic carbocycles. The predicted molar refractivity (Wildman–Crippen MR) is 100.0 cm³/mol. The van der Waals surface area contributed by atoms with Crippen molar-refractivity contribution in [2.24, 2.45) is 0 Å². The third-order valence-electron chi connectivity index (χ3n) is 4.02. The Kier molecular flexibility index (Phi) is 6.51. The summed E-state index contributed by atoms with van der Waals surface area (Å²) in [6.07, 6.45) is 0.199. The number of esters is 1. The van der Waals surface area contributed by atoms with Crippen molar-refractivity contribution in [1.82, 2.24) is 0 Å². The molecule has 0 aliphatic heterocycles. The first-order valence-corrected chi connectivity index (χ1v) is 8.40. The monoisotopic (exact) mass is 350 g/mol. The van der Waals surface area contributed by atoms with Crippen LogP contribution in [0.4, 0.5) is 5.69 Å². The van der Waals surface area contributed by atoms with Gasteiger partial charge in [-0.05, 0) is 44.5 Å². The minimum atomic E-state index is -0.528. The lowest BCUT2D eigenvalue weighted by atomic mass is 10.1. The second-order valence-electron chi connectivity index (χ2n) is 6.18. The molecule has 5 heteroatoms. The predicted octanol–water partition coefficient (Wildman–Crippen LogP) is 3.72. The number of nitrogens with zero attached hydrogens (tertiary/aromatic N) is 2. The van der Waals surface area contributed by atoms with Crippen LogP contribution in [0.2, 0.25) is 0 Å². The van der Waals surface area contributed by atoms with Crippen LogP contribution in [0.5, 0.6) is 0 Å². The van der Waals surface area contributed by atoms with Crippen molar-refractivity contribution in [2.75, 3.05) is 18.1 Å². The van der Waals surface area contributed by atoms with Gasteiger partial charge in [0, 0.05) is 12.2 Å². The normalized spacial score (nSPS) is 10.1. The second kappa shape index (κ2) is 8.82. The van der Waals surface area contributed by atoms with Gasteiger partial charge in [0.1, 0.15) is 0 Å². The molecular weight excluding hydrogens is 328 g/mol. The molecule has 5 nitrogen and oxygen atoms in total. The number of rotatable bonds is 6. The number of hydrogen-bond acceptors (Lipinski definition) is 4. The van der Waals surface area contributed by atoms with Crippen LogP contribution < -0.4 is 4.90 Å². The Morgan fingerprint density at radius 1 is 1.04 bits per heavy atom. The summed E-state index contributed by atoms with van der Waals surface area (Å²) in [6, 6.07) is 14.9. The minimum Gasteiger partial charge on any atom is -0.452 e. The molecule has 0 saturated carbocycles. The number of aryl methyl sites for hydroxylation is 3.